The fraction of sp³-hybridized carbons (Fsp3) is 0.214. The third-order valence-corrected chi connectivity index (χ3v) is 3.88. The summed E-state index contributed by atoms with van der Waals surface area (Å²) in [4.78, 5) is 4.15. The fourth-order valence-corrected chi connectivity index (χ4v) is 2.57. The van der Waals surface area contributed by atoms with E-state index < -0.39 is 0 Å². The standard InChI is InChI=1S/C14H16N3P/c15-14-13-9-12(2-1-11(13)3-6-16-14)10-4-7-17(18)8-5-10/h1-4,6,9H,5,7-8,18H2,(H2,15,16). The number of hydrogen-bond donors (Lipinski definition) is 1. The Kier molecular flexibility index (Phi) is 3.02. The molecule has 1 aromatic heterocycles. The molecular weight excluding hydrogens is 241 g/mol. The molecule has 2 aromatic rings. The maximum atomic E-state index is 5.93. The molecule has 1 aromatic carbocycles. The first-order valence-electron chi connectivity index (χ1n) is 6.07. The predicted molar refractivity (Wildman–Crippen MR) is 80.0 cm³/mol. The fourth-order valence-electron chi connectivity index (χ4n) is 2.34. The Morgan fingerprint density at radius 1 is 1.28 bits per heavy atom. The molecule has 0 spiro atoms. The molecule has 3 nitrogen and oxygen atoms in total. The van der Waals surface area contributed by atoms with E-state index in [4.69, 9.17) is 5.73 Å². The molecule has 0 saturated heterocycles. The lowest BCUT2D eigenvalue weighted by Crippen LogP contribution is -2.17. The quantitative estimate of drug-likeness (QED) is 0.799. The Morgan fingerprint density at radius 2 is 2.17 bits per heavy atom. The van der Waals surface area contributed by atoms with Gasteiger partial charge in [0.05, 0.1) is 0 Å². The van der Waals surface area contributed by atoms with Crippen LogP contribution >= 0.6 is 9.39 Å². The Balaban J connectivity index is 2.06. The highest BCUT2D eigenvalue weighted by atomic mass is 31.0. The lowest BCUT2D eigenvalue weighted by atomic mass is 9.98. The summed E-state index contributed by atoms with van der Waals surface area (Å²) in [6.45, 7) is 2.07. The number of nitrogen functional groups attached to an aromatic ring is 1. The molecule has 0 aliphatic carbocycles. The SMILES string of the molecule is Nc1nccc2ccc(C3=CCN(P)CC3)cc12. The zero-order chi connectivity index (χ0) is 12.5. The lowest BCUT2D eigenvalue weighted by Gasteiger charge is -2.22. The van der Waals surface area contributed by atoms with Crippen LogP contribution < -0.4 is 5.73 Å². The average Bonchev–Trinajstić information content (AvgIpc) is 2.40. The molecule has 4 heteroatoms. The van der Waals surface area contributed by atoms with Gasteiger partial charge in [0.25, 0.3) is 0 Å². The molecule has 2 N–H and O–H groups in total. The molecule has 2 heterocycles. The summed E-state index contributed by atoms with van der Waals surface area (Å²) in [6.07, 6.45) is 5.11. The third-order valence-electron chi connectivity index (χ3n) is 3.41. The Labute approximate surface area is 109 Å². The summed E-state index contributed by atoms with van der Waals surface area (Å²) in [5, 5.41) is 2.19. The molecule has 1 unspecified atom stereocenters. The first kappa shape index (κ1) is 11.6. The smallest absolute Gasteiger partial charge is 0.131 e. The maximum absolute atomic E-state index is 5.93. The lowest BCUT2D eigenvalue weighted by molar-refractivity contribution is 0.515. The van der Waals surface area contributed by atoms with Crippen LogP contribution in [0.1, 0.15) is 12.0 Å². The van der Waals surface area contributed by atoms with Crippen molar-refractivity contribution < 1.29 is 0 Å². The molecule has 1 atom stereocenters. The van der Waals surface area contributed by atoms with Crippen LogP contribution in [-0.2, 0) is 0 Å². The monoisotopic (exact) mass is 257 g/mol. The van der Waals surface area contributed by atoms with E-state index in [2.05, 4.69) is 43.3 Å². The average molecular weight is 257 g/mol. The number of benzene rings is 1. The third kappa shape index (κ3) is 2.12. The zero-order valence-electron chi connectivity index (χ0n) is 10.1. The number of nitrogens with zero attached hydrogens (tertiary/aromatic N) is 2. The normalized spacial score (nSPS) is 16.8. The second-order valence-corrected chi connectivity index (χ2v) is 5.34. The van der Waals surface area contributed by atoms with E-state index in [9.17, 15) is 0 Å². The van der Waals surface area contributed by atoms with Gasteiger partial charge in [0.15, 0.2) is 0 Å². The van der Waals surface area contributed by atoms with Crippen LogP contribution in [0.4, 0.5) is 5.82 Å². The largest absolute Gasteiger partial charge is 0.383 e. The summed E-state index contributed by atoms with van der Waals surface area (Å²) in [5.74, 6) is 0.610. The summed E-state index contributed by atoms with van der Waals surface area (Å²) < 4.78 is 2.24. The number of aromatic nitrogens is 1. The van der Waals surface area contributed by atoms with Crippen molar-refractivity contribution >= 4 is 31.6 Å². The number of nitrogens with two attached hydrogens (primary N) is 1. The van der Waals surface area contributed by atoms with E-state index in [1.54, 1.807) is 6.20 Å². The molecule has 3 rings (SSSR count). The first-order chi connectivity index (χ1) is 8.74. The molecule has 0 amide bonds. The van der Waals surface area contributed by atoms with Crippen molar-refractivity contribution in [3.05, 3.63) is 42.1 Å². The number of anilines is 1. The van der Waals surface area contributed by atoms with Gasteiger partial charge in [0.1, 0.15) is 5.82 Å². The molecule has 0 saturated carbocycles. The second-order valence-electron chi connectivity index (χ2n) is 4.61. The van der Waals surface area contributed by atoms with E-state index in [-0.39, 0.29) is 0 Å². The Bertz CT molecular complexity index is 621. The number of pyridine rings is 1. The minimum Gasteiger partial charge on any atom is -0.383 e. The Morgan fingerprint density at radius 3 is 2.94 bits per heavy atom. The summed E-state index contributed by atoms with van der Waals surface area (Å²) in [7, 11) is 2.75. The number of hydrogen-bond acceptors (Lipinski definition) is 3. The van der Waals surface area contributed by atoms with Gasteiger partial charge in [-0.3, -0.25) is 4.67 Å². The topological polar surface area (TPSA) is 42.1 Å². The van der Waals surface area contributed by atoms with Crippen molar-refractivity contribution in [3.8, 4) is 0 Å². The molecule has 1 aliphatic heterocycles. The van der Waals surface area contributed by atoms with E-state index >= 15 is 0 Å². The van der Waals surface area contributed by atoms with Crippen molar-refractivity contribution in [2.75, 3.05) is 18.8 Å². The molecular formula is C14H16N3P. The molecule has 0 radical (unpaired) electrons. The minimum atomic E-state index is 0.610. The van der Waals surface area contributed by atoms with Crippen molar-refractivity contribution in [1.29, 1.82) is 0 Å². The van der Waals surface area contributed by atoms with Crippen LogP contribution in [0.2, 0.25) is 0 Å². The Hall–Kier alpha value is -1.44. The van der Waals surface area contributed by atoms with Crippen molar-refractivity contribution in [2.45, 2.75) is 6.42 Å². The highest BCUT2D eigenvalue weighted by Gasteiger charge is 2.10. The van der Waals surface area contributed by atoms with E-state index in [1.807, 2.05) is 6.07 Å². The van der Waals surface area contributed by atoms with Gasteiger partial charge in [-0.2, -0.15) is 0 Å². The molecule has 92 valence electrons. The van der Waals surface area contributed by atoms with Gasteiger partial charge in [0.2, 0.25) is 0 Å². The van der Waals surface area contributed by atoms with Gasteiger partial charge in [-0.25, -0.2) is 4.98 Å². The highest BCUT2D eigenvalue weighted by molar-refractivity contribution is 7.13. The van der Waals surface area contributed by atoms with E-state index in [0.717, 1.165) is 30.3 Å². The van der Waals surface area contributed by atoms with Gasteiger partial charge in [-0.15, -0.1) is 0 Å². The molecule has 1 aliphatic rings. The molecule has 18 heavy (non-hydrogen) atoms. The van der Waals surface area contributed by atoms with Gasteiger partial charge in [0, 0.05) is 24.7 Å². The van der Waals surface area contributed by atoms with Crippen LogP contribution in [0.15, 0.2) is 36.5 Å². The van der Waals surface area contributed by atoms with Crippen molar-refractivity contribution in [1.82, 2.24) is 9.65 Å². The maximum Gasteiger partial charge on any atom is 0.131 e. The van der Waals surface area contributed by atoms with Crippen molar-refractivity contribution in [2.24, 2.45) is 0 Å². The second kappa shape index (κ2) is 4.68. The molecule has 0 fully saturated rings. The van der Waals surface area contributed by atoms with Crippen LogP contribution in [0.25, 0.3) is 16.3 Å². The van der Waals surface area contributed by atoms with Crippen LogP contribution in [-0.4, -0.2) is 22.7 Å². The highest BCUT2D eigenvalue weighted by Crippen LogP contribution is 2.28. The van der Waals surface area contributed by atoms with Crippen molar-refractivity contribution in [3.63, 3.8) is 0 Å². The van der Waals surface area contributed by atoms with Crippen LogP contribution in [0, 0.1) is 0 Å². The van der Waals surface area contributed by atoms with Gasteiger partial charge in [-0.1, -0.05) is 27.6 Å². The van der Waals surface area contributed by atoms with Gasteiger partial charge >= 0.3 is 0 Å². The minimum absolute atomic E-state index is 0.610. The summed E-state index contributed by atoms with van der Waals surface area (Å²) in [5.41, 5.74) is 8.60. The van der Waals surface area contributed by atoms with E-state index in [0.29, 0.717) is 5.82 Å². The first-order valence-corrected chi connectivity index (χ1v) is 6.59. The predicted octanol–water partition coefficient (Wildman–Crippen LogP) is 2.70. The number of rotatable bonds is 1. The zero-order valence-corrected chi connectivity index (χ0v) is 11.3. The molecule has 0 bridgehead atoms. The van der Waals surface area contributed by atoms with Crippen LogP contribution in [0.3, 0.4) is 0 Å². The summed E-state index contributed by atoms with van der Waals surface area (Å²) in [6, 6.07) is 8.44. The van der Waals surface area contributed by atoms with E-state index in [1.165, 1.54) is 11.1 Å². The number of fused-ring (bicyclic) bond motifs is 1. The summed E-state index contributed by atoms with van der Waals surface area (Å²) >= 11 is 0. The van der Waals surface area contributed by atoms with Gasteiger partial charge < -0.3 is 5.73 Å². The van der Waals surface area contributed by atoms with Gasteiger partial charge in [-0.05, 0) is 35.1 Å². The van der Waals surface area contributed by atoms with Crippen LogP contribution in [0.5, 0.6) is 0 Å².